The zero-order valence-electron chi connectivity index (χ0n) is 11.8. The van der Waals surface area contributed by atoms with E-state index in [0.29, 0.717) is 12.1 Å². The van der Waals surface area contributed by atoms with Crippen LogP contribution in [0.5, 0.6) is 0 Å². The van der Waals surface area contributed by atoms with Crippen LogP contribution in [0.2, 0.25) is 0 Å². The van der Waals surface area contributed by atoms with Gasteiger partial charge >= 0.3 is 12.2 Å². The third-order valence-corrected chi connectivity index (χ3v) is 3.18. The van der Waals surface area contributed by atoms with E-state index in [0.717, 1.165) is 17.7 Å². The molecule has 1 N–H and O–H groups in total. The predicted molar refractivity (Wildman–Crippen MR) is 78.5 cm³/mol. The molecule has 7 heteroatoms. The number of hydrogen-bond acceptors (Lipinski definition) is 4. The Labute approximate surface area is 130 Å². The van der Waals surface area contributed by atoms with Gasteiger partial charge < -0.3 is 9.84 Å². The van der Waals surface area contributed by atoms with Crippen LogP contribution in [0.3, 0.4) is 0 Å². The van der Waals surface area contributed by atoms with Crippen LogP contribution < -0.4 is 5.32 Å². The van der Waals surface area contributed by atoms with Crippen molar-refractivity contribution in [3.63, 3.8) is 0 Å². The average molecular weight is 319 g/mol. The first-order valence-electron chi connectivity index (χ1n) is 6.81. The summed E-state index contributed by atoms with van der Waals surface area (Å²) in [5, 5.41) is 6.73. The van der Waals surface area contributed by atoms with Crippen LogP contribution >= 0.6 is 0 Å². The van der Waals surface area contributed by atoms with Crippen LogP contribution in [-0.2, 0) is 12.7 Å². The Bertz CT molecular complexity index is 767. The van der Waals surface area contributed by atoms with E-state index >= 15 is 0 Å². The highest BCUT2D eigenvalue weighted by Crippen LogP contribution is 2.30. The Hall–Kier alpha value is -2.83. The summed E-state index contributed by atoms with van der Waals surface area (Å²) in [5.41, 5.74) is 0.781. The average Bonchev–Trinajstić information content (AvgIpc) is 3.02. The molecule has 23 heavy (non-hydrogen) atoms. The number of benzene rings is 2. The molecular weight excluding hydrogens is 307 g/mol. The summed E-state index contributed by atoms with van der Waals surface area (Å²) in [5.74, 6) is 0.231. The van der Waals surface area contributed by atoms with Gasteiger partial charge in [-0.25, -0.2) is 0 Å². The molecular formula is C16H12F3N3O. The Morgan fingerprint density at radius 3 is 2.30 bits per heavy atom. The number of nitrogens with zero attached hydrogens (tertiary/aromatic N) is 2. The van der Waals surface area contributed by atoms with Gasteiger partial charge in [-0.05, 0) is 17.7 Å². The number of aromatic nitrogens is 2. The lowest BCUT2D eigenvalue weighted by molar-refractivity contribution is -0.137. The first-order chi connectivity index (χ1) is 11.0. The third kappa shape index (κ3) is 3.68. The van der Waals surface area contributed by atoms with E-state index in [4.69, 9.17) is 4.52 Å². The lowest BCUT2D eigenvalue weighted by Gasteiger charge is -2.05. The van der Waals surface area contributed by atoms with E-state index in [1.807, 2.05) is 30.3 Å². The minimum absolute atomic E-state index is 0.212. The summed E-state index contributed by atoms with van der Waals surface area (Å²) in [4.78, 5) is 4.12. The molecule has 0 aliphatic heterocycles. The lowest BCUT2D eigenvalue weighted by atomic mass is 10.1. The van der Waals surface area contributed by atoms with Gasteiger partial charge in [-0.3, -0.25) is 0 Å². The summed E-state index contributed by atoms with van der Waals surface area (Å²) >= 11 is 0. The smallest absolute Gasteiger partial charge is 0.334 e. The Balaban J connectivity index is 1.69. The number of hydrogen-bond donors (Lipinski definition) is 1. The number of halogens is 3. The minimum atomic E-state index is -4.36. The van der Waals surface area contributed by atoms with Crippen molar-refractivity contribution in [2.45, 2.75) is 12.7 Å². The SMILES string of the molecule is FC(F)(F)c1ccc(-c2noc(NCc3ccccc3)n2)cc1. The number of alkyl halides is 3. The zero-order valence-corrected chi connectivity index (χ0v) is 11.8. The molecule has 3 rings (SSSR count). The second-order valence-electron chi connectivity index (χ2n) is 4.84. The second kappa shape index (κ2) is 6.12. The topological polar surface area (TPSA) is 51.0 Å². The van der Waals surface area contributed by atoms with E-state index in [1.165, 1.54) is 12.1 Å². The van der Waals surface area contributed by atoms with Gasteiger partial charge in [0.25, 0.3) is 0 Å². The summed E-state index contributed by atoms with van der Waals surface area (Å²) in [6, 6.07) is 14.5. The van der Waals surface area contributed by atoms with Gasteiger partial charge in [0.15, 0.2) is 0 Å². The van der Waals surface area contributed by atoms with Gasteiger partial charge in [0.05, 0.1) is 5.56 Å². The first-order valence-corrected chi connectivity index (χ1v) is 6.81. The van der Waals surface area contributed by atoms with Crippen LogP contribution in [0.4, 0.5) is 19.2 Å². The summed E-state index contributed by atoms with van der Waals surface area (Å²) in [7, 11) is 0. The van der Waals surface area contributed by atoms with Crippen molar-refractivity contribution in [3.8, 4) is 11.4 Å². The predicted octanol–water partition coefficient (Wildman–Crippen LogP) is 4.37. The highest BCUT2D eigenvalue weighted by molar-refractivity contribution is 5.56. The molecule has 0 spiro atoms. The highest BCUT2D eigenvalue weighted by Gasteiger charge is 2.30. The Morgan fingerprint density at radius 2 is 1.65 bits per heavy atom. The number of anilines is 1. The lowest BCUT2D eigenvalue weighted by Crippen LogP contribution is -2.04. The molecule has 0 amide bonds. The fraction of sp³-hybridized carbons (Fsp3) is 0.125. The number of rotatable bonds is 4. The van der Waals surface area contributed by atoms with Crippen molar-refractivity contribution >= 4 is 6.01 Å². The standard InChI is InChI=1S/C16H12F3N3O/c17-16(18,19)13-8-6-12(7-9-13)14-21-15(23-22-14)20-10-11-4-2-1-3-5-11/h1-9H,10H2,(H,20,21,22). The van der Waals surface area contributed by atoms with E-state index in [9.17, 15) is 13.2 Å². The molecule has 1 aromatic heterocycles. The van der Waals surface area contributed by atoms with Gasteiger partial charge in [0.2, 0.25) is 5.82 Å². The minimum Gasteiger partial charge on any atom is -0.334 e. The molecule has 3 aromatic rings. The summed E-state index contributed by atoms with van der Waals surface area (Å²) in [6.45, 7) is 0.509. The molecule has 2 aromatic carbocycles. The largest absolute Gasteiger partial charge is 0.416 e. The van der Waals surface area contributed by atoms with Gasteiger partial charge in [0.1, 0.15) is 0 Å². The fourth-order valence-electron chi connectivity index (χ4n) is 1.99. The normalized spacial score (nSPS) is 11.4. The van der Waals surface area contributed by atoms with Gasteiger partial charge in [-0.1, -0.05) is 47.6 Å². The first kappa shape index (κ1) is 15.1. The molecule has 0 unspecified atom stereocenters. The quantitative estimate of drug-likeness (QED) is 0.776. The maximum atomic E-state index is 12.5. The van der Waals surface area contributed by atoms with Crippen molar-refractivity contribution in [2.24, 2.45) is 0 Å². The molecule has 0 radical (unpaired) electrons. The van der Waals surface area contributed by atoms with Crippen LogP contribution in [0.15, 0.2) is 59.1 Å². The summed E-state index contributed by atoms with van der Waals surface area (Å²) in [6.07, 6.45) is -4.36. The highest BCUT2D eigenvalue weighted by atomic mass is 19.4. The van der Waals surface area contributed by atoms with E-state index in [-0.39, 0.29) is 11.8 Å². The van der Waals surface area contributed by atoms with Crippen molar-refractivity contribution in [1.29, 1.82) is 0 Å². The van der Waals surface area contributed by atoms with Crippen LogP contribution in [0.1, 0.15) is 11.1 Å². The molecule has 118 valence electrons. The molecule has 0 saturated carbocycles. The maximum Gasteiger partial charge on any atom is 0.416 e. The van der Waals surface area contributed by atoms with Crippen LogP contribution in [-0.4, -0.2) is 10.1 Å². The Morgan fingerprint density at radius 1 is 0.957 bits per heavy atom. The van der Waals surface area contributed by atoms with Crippen LogP contribution in [0, 0.1) is 0 Å². The molecule has 1 heterocycles. The molecule has 0 saturated heterocycles. The maximum absolute atomic E-state index is 12.5. The summed E-state index contributed by atoms with van der Waals surface area (Å²) < 4.78 is 42.6. The van der Waals surface area contributed by atoms with E-state index in [2.05, 4.69) is 15.5 Å². The zero-order chi connectivity index (χ0) is 16.3. The van der Waals surface area contributed by atoms with Crippen LogP contribution in [0.25, 0.3) is 11.4 Å². The van der Waals surface area contributed by atoms with Crippen molar-refractivity contribution in [2.75, 3.05) is 5.32 Å². The molecule has 0 aliphatic rings. The molecule has 4 nitrogen and oxygen atoms in total. The van der Waals surface area contributed by atoms with Gasteiger partial charge in [0, 0.05) is 12.1 Å². The number of nitrogens with one attached hydrogen (secondary N) is 1. The Kier molecular flexibility index (Phi) is 4.01. The van der Waals surface area contributed by atoms with Gasteiger partial charge in [-0.15, -0.1) is 0 Å². The van der Waals surface area contributed by atoms with Crippen molar-refractivity contribution < 1.29 is 17.7 Å². The molecule has 0 fully saturated rings. The second-order valence-corrected chi connectivity index (χ2v) is 4.84. The van der Waals surface area contributed by atoms with E-state index < -0.39 is 11.7 Å². The van der Waals surface area contributed by atoms with Gasteiger partial charge in [-0.2, -0.15) is 18.2 Å². The van der Waals surface area contributed by atoms with E-state index in [1.54, 1.807) is 0 Å². The third-order valence-electron chi connectivity index (χ3n) is 3.18. The molecule has 0 bridgehead atoms. The molecule has 0 atom stereocenters. The monoisotopic (exact) mass is 319 g/mol. The molecule has 0 aliphatic carbocycles. The van der Waals surface area contributed by atoms with Crippen molar-refractivity contribution in [3.05, 3.63) is 65.7 Å². The fourth-order valence-corrected chi connectivity index (χ4v) is 1.99. The van der Waals surface area contributed by atoms with Crippen molar-refractivity contribution in [1.82, 2.24) is 10.1 Å².